The fourth-order valence-corrected chi connectivity index (χ4v) is 6.69. The first-order valence-electron chi connectivity index (χ1n) is 16.4. The molecule has 37 heavy (non-hydrogen) atoms. The van der Waals surface area contributed by atoms with Crippen LogP contribution in [-0.4, -0.2) is 12.3 Å². The molecule has 0 nitrogen and oxygen atoms in total. The second-order valence-electron chi connectivity index (χ2n) is 14.9. The highest BCUT2D eigenvalue weighted by molar-refractivity contribution is 6.89. The molecule has 0 saturated heterocycles. The van der Waals surface area contributed by atoms with Crippen LogP contribution in [0.5, 0.6) is 0 Å². The van der Waals surface area contributed by atoms with E-state index in [4.69, 9.17) is 0 Å². The molecule has 3 rings (SSSR count). The number of hydrogen-bond acceptors (Lipinski definition) is 0. The van der Waals surface area contributed by atoms with E-state index >= 15 is 0 Å². The molecule has 0 aromatic heterocycles. The Bertz CT molecular complexity index is 908. The monoisotopic (exact) mass is 500 g/mol. The summed E-state index contributed by atoms with van der Waals surface area (Å²) >= 11 is 0. The van der Waals surface area contributed by atoms with E-state index in [0.29, 0.717) is 0 Å². The molecule has 0 radical (unpaired) electrons. The molecule has 0 saturated carbocycles. The van der Waals surface area contributed by atoms with Gasteiger partial charge in [0, 0.05) is 17.7 Å². The van der Waals surface area contributed by atoms with E-state index in [1.807, 2.05) is 0 Å². The summed E-state index contributed by atoms with van der Waals surface area (Å²) in [5.41, 5.74) is 9.70. The van der Waals surface area contributed by atoms with Crippen molar-refractivity contribution >= 4 is 23.2 Å². The van der Waals surface area contributed by atoms with Gasteiger partial charge < -0.3 is 0 Å². The molecule has 2 aromatic rings. The first kappa shape index (κ1) is 30.1. The maximum absolute atomic E-state index is 2.66. The topological polar surface area (TPSA) is 0 Å². The highest BCUT2D eigenvalue weighted by Gasteiger charge is 2.42. The number of unbranched alkanes of at least 4 members (excludes halogenated alkanes) is 10. The van der Waals surface area contributed by atoms with E-state index in [-0.39, 0.29) is 5.41 Å². The minimum absolute atomic E-state index is 0.189. The minimum atomic E-state index is -0.527. The lowest BCUT2D eigenvalue weighted by atomic mass is 9.26. The van der Waals surface area contributed by atoms with E-state index in [1.54, 1.807) is 22.1 Å². The minimum Gasteiger partial charge on any atom is -0.210 e. The van der Waals surface area contributed by atoms with Gasteiger partial charge >= 0.3 is 0 Å². The number of benzene rings is 2. The lowest BCUT2D eigenvalue weighted by Crippen LogP contribution is -2.39. The molecule has 0 amide bonds. The van der Waals surface area contributed by atoms with Gasteiger partial charge in [0.2, 0.25) is 0 Å². The molecule has 0 unspecified atom stereocenters. The third kappa shape index (κ3) is 7.36. The fourth-order valence-electron chi connectivity index (χ4n) is 6.69. The first-order chi connectivity index (χ1) is 17.5. The molecule has 206 valence electrons. The Morgan fingerprint density at radius 1 is 0.486 bits per heavy atom. The van der Waals surface area contributed by atoms with Crippen LogP contribution < -0.4 is 10.9 Å². The SMILES string of the molecule is CCCCCCCCC1(CCCCCCCC)c2cc([B-](C)(C)C)ccc2-c2ccc([B-](C)(C)C)cc21. The summed E-state index contributed by atoms with van der Waals surface area (Å²) in [7, 11) is 0. The van der Waals surface area contributed by atoms with Gasteiger partial charge in [0.15, 0.2) is 0 Å². The Morgan fingerprint density at radius 2 is 0.838 bits per heavy atom. The highest BCUT2D eigenvalue weighted by Crippen LogP contribution is 2.54. The number of hydrogen-bond donors (Lipinski definition) is 0. The molecular formula is C35H58B2-2. The highest BCUT2D eigenvalue weighted by atomic mass is 14.4. The quantitative estimate of drug-likeness (QED) is 0.159. The van der Waals surface area contributed by atoms with Gasteiger partial charge in [0.05, 0.1) is 0 Å². The molecular weight excluding hydrogens is 442 g/mol. The Hall–Kier alpha value is -1.43. The van der Waals surface area contributed by atoms with Crippen LogP contribution in [0.1, 0.15) is 115 Å². The maximum Gasteiger partial charge on any atom is 0.0212 e. The van der Waals surface area contributed by atoms with E-state index in [1.165, 1.54) is 101 Å². The zero-order valence-corrected chi connectivity index (χ0v) is 26.0. The summed E-state index contributed by atoms with van der Waals surface area (Å²) in [5.74, 6) is 0. The van der Waals surface area contributed by atoms with Gasteiger partial charge in [-0.05, 0) is 35.1 Å². The number of rotatable bonds is 16. The maximum atomic E-state index is 2.66. The zero-order chi connectivity index (χ0) is 27.1. The normalized spacial score (nSPS) is 14.6. The van der Waals surface area contributed by atoms with Crippen LogP contribution >= 0.6 is 0 Å². The van der Waals surface area contributed by atoms with Gasteiger partial charge in [-0.25, -0.2) is 10.9 Å². The summed E-state index contributed by atoms with van der Waals surface area (Å²) in [4.78, 5) is 0. The second-order valence-corrected chi connectivity index (χ2v) is 14.9. The van der Waals surface area contributed by atoms with Gasteiger partial charge in [-0.15, -0.1) is 0 Å². The molecule has 0 aliphatic heterocycles. The second kappa shape index (κ2) is 13.1. The lowest BCUT2D eigenvalue weighted by Gasteiger charge is -2.36. The third-order valence-corrected chi connectivity index (χ3v) is 9.32. The molecule has 0 spiro atoms. The average molecular weight is 500 g/mol. The van der Waals surface area contributed by atoms with Crippen molar-refractivity contribution in [1.29, 1.82) is 0 Å². The van der Waals surface area contributed by atoms with Crippen LogP contribution in [0.25, 0.3) is 11.1 Å². The van der Waals surface area contributed by atoms with Crippen molar-refractivity contribution in [1.82, 2.24) is 0 Å². The van der Waals surface area contributed by atoms with Crippen molar-refractivity contribution in [2.45, 2.75) is 150 Å². The van der Waals surface area contributed by atoms with Gasteiger partial charge in [-0.2, -0.15) is 40.9 Å². The average Bonchev–Trinajstić information content (AvgIpc) is 3.11. The van der Waals surface area contributed by atoms with Crippen LogP contribution in [0.3, 0.4) is 0 Å². The van der Waals surface area contributed by atoms with Crippen molar-refractivity contribution in [3.8, 4) is 11.1 Å². The van der Waals surface area contributed by atoms with Crippen LogP contribution in [0, 0.1) is 0 Å². The van der Waals surface area contributed by atoms with Crippen molar-refractivity contribution in [3.05, 3.63) is 47.5 Å². The molecule has 0 fully saturated rings. The summed E-state index contributed by atoms with van der Waals surface area (Å²) in [6.45, 7) is 19.3. The van der Waals surface area contributed by atoms with Crippen molar-refractivity contribution in [2.24, 2.45) is 0 Å². The van der Waals surface area contributed by atoms with E-state index in [0.717, 1.165) is 0 Å². The van der Waals surface area contributed by atoms with Gasteiger partial charge in [0.1, 0.15) is 0 Å². The fraction of sp³-hybridized carbons (Fsp3) is 0.657. The molecule has 2 heteroatoms. The van der Waals surface area contributed by atoms with Gasteiger partial charge in [0.25, 0.3) is 0 Å². The van der Waals surface area contributed by atoms with Crippen molar-refractivity contribution < 1.29 is 0 Å². The predicted octanol–water partition coefficient (Wildman–Crippen LogP) is 10.5. The summed E-state index contributed by atoms with van der Waals surface area (Å²) < 4.78 is 0. The van der Waals surface area contributed by atoms with E-state index in [9.17, 15) is 0 Å². The number of fused-ring (bicyclic) bond motifs is 3. The largest absolute Gasteiger partial charge is 0.210 e. The molecule has 0 atom stereocenters. The van der Waals surface area contributed by atoms with E-state index < -0.39 is 12.3 Å². The van der Waals surface area contributed by atoms with Crippen LogP contribution in [-0.2, 0) is 5.41 Å². The third-order valence-electron chi connectivity index (χ3n) is 9.32. The standard InChI is InChI=1S/C35H58B2/c1-9-11-13-15-17-19-25-35(26-20-18-16-14-12-10-2)33-27-29(36(3,4)5)21-23-31(33)32-24-22-30(28-34(32)35)37(6,7)8/h21-24,27-28H,9-20,25-26H2,1-8H3/q-2. The summed E-state index contributed by atoms with van der Waals surface area (Å²) in [6, 6.07) is 15.2. The molecule has 2 aromatic carbocycles. The predicted molar refractivity (Wildman–Crippen MR) is 175 cm³/mol. The molecule has 0 N–H and O–H groups in total. The Balaban J connectivity index is 2.04. The van der Waals surface area contributed by atoms with Crippen LogP contribution in [0.15, 0.2) is 36.4 Å². The lowest BCUT2D eigenvalue weighted by molar-refractivity contribution is 0.398. The Kier molecular flexibility index (Phi) is 10.6. The molecule has 1 aliphatic carbocycles. The van der Waals surface area contributed by atoms with E-state index in [2.05, 4.69) is 91.2 Å². The van der Waals surface area contributed by atoms with Crippen LogP contribution in [0.2, 0.25) is 40.9 Å². The van der Waals surface area contributed by atoms with Gasteiger partial charge in [-0.1, -0.05) is 127 Å². The molecule has 1 aliphatic rings. The molecule has 0 bridgehead atoms. The van der Waals surface area contributed by atoms with Crippen molar-refractivity contribution in [2.75, 3.05) is 0 Å². The van der Waals surface area contributed by atoms with Crippen LogP contribution in [0.4, 0.5) is 0 Å². The van der Waals surface area contributed by atoms with Crippen molar-refractivity contribution in [3.63, 3.8) is 0 Å². The Labute approximate surface area is 231 Å². The first-order valence-corrected chi connectivity index (χ1v) is 16.4. The summed E-state index contributed by atoms with van der Waals surface area (Å²) in [6.07, 6.45) is 18.1. The Morgan fingerprint density at radius 3 is 1.19 bits per heavy atom. The smallest absolute Gasteiger partial charge is 0.0212 e. The molecule has 0 heterocycles. The zero-order valence-electron chi connectivity index (χ0n) is 26.0. The van der Waals surface area contributed by atoms with Gasteiger partial charge in [-0.3, -0.25) is 0 Å². The summed E-state index contributed by atoms with van der Waals surface area (Å²) in [5, 5.41) is 0.